The molecular weight excluding hydrogens is 302 g/mol. The van der Waals surface area contributed by atoms with E-state index in [0.717, 1.165) is 16.6 Å². The van der Waals surface area contributed by atoms with Crippen LogP contribution in [-0.2, 0) is 6.42 Å². The van der Waals surface area contributed by atoms with Crippen LogP contribution in [0.3, 0.4) is 0 Å². The summed E-state index contributed by atoms with van der Waals surface area (Å²) in [5.41, 5.74) is 2.59. The van der Waals surface area contributed by atoms with Crippen molar-refractivity contribution in [3.8, 4) is 5.75 Å². The van der Waals surface area contributed by atoms with Crippen LogP contribution in [-0.4, -0.2) is 14.2 Å². The summed E-state index contributed by atoms with van der Waals surface area (Å²) in [4.78, 5) is 0. The van der Waals surface area contributed by atoms with Crippen molar-refractivity contribution >= 4 is 15.9 Å². The van der Waals surface area contributed by atoms with Crippen molar-refractivity contribution in [3.05, 3.63) is 64.1 Å². The minimum Gasteiger partial charge on any atom is -0.497 e. The van der Waals surface area contributed by atoms with Crippen LogP contribution in [0.25, 0.3) is 0 Å². The Morgan fingerprint density at radius 3 is 2.21 bits per heavy atom. The summed E-state index contributed by atoms with van der Waals surface area (Å²) in [6, 6.07) is 17.0. The molecule has 2 rings (SSSR count). The van der Waals surface area contributed by atoms with Gasteiger partial charge in [0.1, 0.15) is 5.75 Å². The Labute approximate surface area is 122 Å². The second-order valence-electron chi connectivity index (χ2n) is 4.45. The maximum Gasteiger partial charge on any atom is 0.118 e. The molecule has 0 saturated heterocycles. The Morgan fingerprint density at radius 2 is 1.68 bits per heavy atom. The monoisotopic (exact) mass is 319 g/mol. The molecule has 19 heavy (non-hydrogen) atoms. The fourth-order valence-corrected chi connectivity index (χ4v) is 2.34. The highest BCUT2D eigenvalue weighted by Crippen LogP contribution is 2.22. The third-order valence-corrected chi connectivity index (χ3v) is 3.75. The van der Waals surface area contributed by atoms with Gasteiger partial charge >= 0.3 is 0 Å². The maximum absolute atomic E-state index is 5.19. The first-order valence-corrected chi connectivity index (χ1v) is 7.08. The van der Waals surface area contributed by atoms with Crippen molar-refractivity contribution in [1.29, 1.82) is 0 Å². The van der Waals surface area contributed by atoms with Crippen molar-refractivity contribution in [2.45, 2.75) is 12.5 Å². The molecular formula is C16H18BrNO. The van der Waals surface area contributed by atoms with Gasteiger partial charge in [0.2, 0.25) is 0 Å². The van der Waals surface area contributed by atoms with Crippen molar-refractivity contribution in [1.82, 2.24) is 5.32 Å². The molecule has 0 aliphatic rings. The number of hydrogen-bond acceptors (Lipinski definition) is 2. The number of hydrogen-bond donors (Lipinski definition) is 1. The third-order valence-electron chi connectivity index (χ3n) is 3.22. The normalized spacial score (nSPS) is 12.2. The van der Waals surface area contributed by atoms with E-state index in [-0.39, 0.29) is 0 Å². The Hall–Kier alpha value is -1.32. The molecule has 2 aromatic carbocycles. The maximum atomic E-state index is 5.19. The van der Waals surface area contributed by atoms with Gasteiger partial charge in [0.15, 0.2) is 0 Å². The summed E-state index contributed by atoms with van der Waals surface area (Å²) in [6.07, 6.45) is 0.968. The van der Waals surface area contributed by atoms with Crippen LogP contribution in [0.15, 0.2) is 53.0 Å². The smallest absolute Gasteiger partial charge is 0.118 e. The summed E-state index contributed by atoms with van der Waals surface area (Å²) in [5.74, 6) is 0.891. The Kier molecular flexibility index (Phi) is 5.00. The SMILES string of the molecule is CNC(Cc1ccc(Br)cc1)c1ccc(OC)cc1. The topological polar surface area (TPSA) is 21.3 Å². The molecule has 0 saturated carbocycles. The van der Waals surface area contributed by atoms with E-state index in [1.807, 2.05) is 19.2 Å². The van der Waals surface area contributed by atoms with Gasteiger partial charge in [0.25, 0.3) is 0 Å². The van der Waals surface area contributed by atoms with E-state index in [9.17, 15) is 0 Å². The number of likely N-dealkylation sites (N-methyl/N-ethyl adjacent to an activating group) is 1. The van der Waals surface area contributed by atoms with Crippen LogP contribution in [0, 0.1) is 0 Å². The molecule has 100 valence electrons. The summed E-state index contributed by atoms with van der Waals surface area (Å²) < 4.78 is 6.30. The number of methoxy groups -OCH3 is 1. The standard InChI is InChI=1S/C16H18BrNO/c1-18-16(11-12-3-7-14(17)8-4-12)13-5-9-15(19-2)10-6-13/h3-10,16,18H,11H2,1-2H3. The van der Waals surface area contributed by atoms with Crippen molar-refractivity contribution < 1.29 is 4.74 Å². The average molecular weight is 320 g/mol. The number of benzene rings is 2. The van der Waals surface area contributed by atoms with Gasteiger partial charge < -0.3 is 10.1 Å². The molecule has 0 aromatic heterocycles. The largest absolute Gasteiger partial charge is 0.497 e. The van der Waals surface area contributed by atoms with Gasteiger partial charge in [-0.05, 0) is 48.9 Å². The van der Waals surface area contributed by atoms with Gasteiger partial charge in [-0.15, -0.1) is 0 Å². The highest BCUT2D eigenvalue weighted by molar-refractivity contribution is 9.10. The molecule has 0 bridgehead atoms. The molecule has 1 unspecified atom stereocenters. The Balaban J connectivity index is 2.12. The lowest BCUT2D eigenvalue weighted by molar-refractivity contribution is 0.414. The fraction of sp³-hybridized carbons (Fsp3) is 0.250. The van der Waals surface area contributed by atoms with E-state index in [1.165, 1.54) is 11.1 Å². The van der Waals surface area contributed by atoms with Gasteiger partial charge in [-0.1, -0.05) is 40.2 Å². The van der Waals surface area contributed by atoms with Crippen molar-refractivity contribution in [2.75, 3.05) is 14.2 Å². The molecule has 0 aliphatic carbocycles. The molecule has 2 nitrogen and oxygen atoms in total. The van der Waals surface area contributed by atoms with Crippen LogP contribution in [0.4, 0.5) is 0 Å². The minimum absolute atomic E-state index is 0.312. The van der Waals surface area contributed by atoms with Crippen molar-refractivity contribution in [3.63, 3.8) is 0 Å². The summed E-state index contributed by atoms with van der Waals surface area (Å²) in [5, 5.41) is 3.37. The van der Waals surface area contributed by atoms with Crippen molar-refractivity contribution in [2.24, 2.45) is 0 Å². The van der Waals surface area contributed by atoms with E-state index < -0.39 is 0 Å². The molecule has 2 aromatic rings. The lowest BCUT2D eigenvalue weighted by atomic mass is 9.99. The minimum atomic E-state index is 0.312. The molecule has 0 fully saturated rings. The zero-order chi connectivity index (χ0) is 13.7. The predicted octanol–water partition coefficient (Wildman–Crippen LogP) is 3.96. The molecule has 0 amide bonds. The van der Waals surface area contributed by atoms with Crippen LogP contribution in [0.5, 0.6) is 5.75 Å². The van der Waals surface area contributed by atoms with Gasteiger partial charge in [0, 0.05) is 10.5 Å². The highest BCUT2D eigenvalue weighted by Gasteiger charge is 2.10. The molecule has 1 atom stereocenters. The van der Waals surface area contributed by atoms with Gasteiger partial charge in [-0.3, -0.25) is 0 Å². The van der Waals surface area contributed by atoms with Crippen LogP contribution in [0.1, 0.15) is 17.2 Å². The predicted molar refractivity (Wildman–Crippen MR) is 82.6 cm³/mol. The Bertz CT molecular complexity index is 507. The molecule has 0 radical (unpaired) electrons. The lowest BCUT2D eigenvalue weighted by Crippen LogP contribution is -2.18. The van der Waals surface area contributed by atoms with Gasteiger partial charge in [0.05, 0.1) is 7.11 Å². The van der Waals surface area contributed by atoms with Crippen LogP contribution < -0.4 is 10.1 Å². The lowest BCUT2D eigenvalue weighted by Gasteiger charge is -2.17. The average Bonchev–Trinajstić information content (AvgIpc) is 2.47. The molecule has 0 heterocycles. The summed E-state index contributed by atoms with van der Waals surface area (Å²) in [6.45, 7) is 0. The van der Waals surface area contributed by atoms with E-state index in [2.05, 4.69) is 57.6 Å². The van der Waals surface area contributed by atoms with E-state index in [4.69, 9.17) is 4.74 Å². The summed E-state index contributed by atoms with van der Waals surface area (Å²) >= 11 is 3.46. The highest BCUT2D eigenvalue weighted by atomic mass is 79.9. The quantitative estimate of drug-likeness (QED) is 0.900. The van der Waals surface area contributed by atoms with Crippen LogP contribution >= 0.6 is 15.9 Å². The fourth-order valence-electron chi connectivity index (χ4n) is 2.08. The number of halogens is 1. The molecule has 0 spiro atoms. The second kappa shape index (κ2) is 6.73. The Morgan fingerprint density at radius 1 is 1.05 bits per heavy atom. The number of rotatable bonds is 5. The van der Waals surface area contributed by atoms with Gasteiger partial charge in [-0.25, -0.2) is 0 Å². The molecule has 0 aliphatic heterocycles. The molecule has 1 N–H and O–H groups in total. The molecule has 3 heteroatoms. The first-order chi connectivity index (χ1) is 9.22. The number of nitrogens with one attached hydrogen (secondary N) is 1. The first-order valence-electron chi connectivity index (χ1n) is 6.28. The first kappa shape index (κ1) is 14.1. The number of ether oxygens (including phenoxy) is 1. The van der Waals surface area contributed by atoms with E-state index in [1.54, 1.807) is 7.11 Å². The summed E-state index contributed by atoms with van der Waals surface area (Å²) in [7, 11) is 3.68. The third kappa shape index (κ3) is 3.82. The van der Waals surface area contributed by atoms with E-state index in [0.29, 0.717) is 6.04 Å². The zero-order valence-electron chi connectivity index (χ0n) is 11.2. The van der Waals surface area contributed by atoms with E-state index >= 15 is 0 Å². The second-order valence-corrected chi connectivity index (χ2v) is 5.36. The zero-order valence-corrected chi connectivity index (χ0v) is 12.8. The van der Waals surface area contributed by atoms with Crippen LogP contribution in [0.2, 0.25) is 0 Å². The van der Waals surface area contributed by atoms with Gasteiger partial charge in [-0.2, -0.15) is 0 Å².